The van der Waals surface area contributed by atoms with Crippen molar-refractivity contribution in [2.45, 2.75) is 51.2 Å². The van der Waals surface area contributed by atoms with Crippen LogP contribution in [0, 0.1) is 17.3 Å². The summed E-state index contributed by atoms with van der Waals surface area (Å²) in [6.45, 7) is 5.75. The van der Waals surface area contributed by atoms with Gasteiger partial charge in [-0.3, -0.25) is 4.79 Å². The van der Waals surface area contributed by atoms with E-state index in [1.807, 2.05) is 11.8 Å². The van der Waals surface area contributed by atoms with Crippen LogP contribution in [0.2, 0.25) is 0 Å². The van der Waals surface area contributed by atoms with Crippen LogP contribution < -0.4 is 11.1 Å². The number of carbonyl (C=O) groups excluding carboxylic acids is 1. The molecule has 3 N–H and O–H groups in total. The normalized spacial score (nSPS) is 37.4. The lowest BCUT2D eigenvalue weighted by Crippen LogP contribution is -2.82. The number of nitrogens with two attached hydrogens (primary N) is 1. The van der Waals surface area contributed by atoms with Crippen LogP contribution >= 0.6 is 24.2 Å². The molecule has 1 saturated carbocycles. The quantitative estimate of drug-likeness (QED) is 0.820. The first-order chi connectivity index (χ1) is 9.98. The first-order valence-electron chi connectivity index (χ1n) is 8.24. The van der Waals surface area contributed by atoms with Crippen molar-refractivity contribution in [1.82, 2.24) is 5.32 Å². The van der Waals surface area contributed by atoms with Gasteiger partial charge in [0.1, 0.15) is 5.54 Å². The number of nitrogens with one attached hydrogen (secondary N) is 1. The first-order valence-corrected chi connectivity index (χ1v) is 9.40. The molecule has 3 fully saturated rings. The molecule has 2 saturated heterocycles. The maximum absolute atomic E-state index is 12.8. The van der Waals surface area contributed by atoms with Gasteiger partial charge < -0.3 is 15.8 Å². The Balaban J connectivity index is 0.00000176. The van der Waals surface area contributed by atoms with E-state index in [9.17, 15) is 4.79 Å². The van der Waals surface area contributed by atoms with Gasteiger partial charge in [-0.2, -0.15) is 11.8 Å². The summed E-state index contributed by atoms with van der Waals surface area (Å²) in [6.07, 6.45) is 4.59. The number of amides is 1. The summed E-state index contributed by atoms with van der Waals surface area (Å²) in [5.74, 6) is 3.29. The van der Waals surface area contributed by atoms with Crippen molar-refractivity contribution in [1.29, 1.82) is 0 Å². The molecule has 0 spiro atoms. The zero-order valence-electron chi connectivity index (χ0n) is 13.6. The summed E-state index contributed by atoms with van der Waals surface area (Å²) >= 11 is 2.01. The summed E-state index contributed by atoms with van der Waals surface area (Å²) < 4.78 is 5.87. The highest BCUT2D eigenvalue weighted by molar-refractivity contribution is 7.99. The lowest BCUT2D eigenvalue weighted by molar-refractivity contribution is -0.225. The van der Waals surface area contributed by atoms with Crippen LogP contribution in [-0.2, 0) is 9.53 Å². The Labute approximate surface area is 144 Å². The minimum atomic E-state index is -0.762. The molecule has 128 valence electrons. The van der Waals surface area contributed by atoms with E-state index in [1.54, 1.807) is 0 Å². The smallest absolute Gasteiger partial charge is 0.241 e. The van der Waals surface area contributed by atoms with E-state index in [4.69, 9.17) is 10.5 Å². The summed E-state index contributed by atoms with van der Waals surface area (Å²) in [4.78, 5) is 12.8. The molecule has 0 aromatic heterocycles. The number of ether oxygens (including phenoxy) is 1. The minimum absolute atomic E-state index is 0. The van der Waals surface area contributed by atoms with Crippen LogP contribution in [0.5, 0.6) is 0 Å². The third-order valence-corrected chi connectivity index (χ3v) is 7.00. The van der Waals surface area contributed by atoms with Crippen LogP contribution in [0.3, 0.4) is 0 Å². The predicted octanol–water partition coefficient (Wildman–Crippen LogP) is 2.20. The number of fused-ring (bicyclic) bond motifs is 1. The zero-order valence-corrected chi connectivity index (χ0v) is 15.2. The second-order valence-electron chi connectivity index (χ2n) is 7.40. The van der Waals surface area contributed by atoms with Gasteiger partial charge in [-0.15, -0.1) is 12.4 Å². The molecule has 0 radical (unpaired) electrons. The van der Waals surface area contributed by atoms with Gasteiger partial charge in [0.05, 0.1) is 6.10 Å². The number of halogens is 1. The van der Waals surface area contributed by atoms with Gasteiger partial charge in [-0.25, -0.2) is 0 Å². The van der Waals surface area contributed by atoms with Gasteiger partial charge in [0, 0.05) is 24.5 Å². The zero-order chi connectivity index (χ0) is 15.1. The second kappa shape index (κ2) is 6.88. The van der Waals surface area contributed by atoms with Crippen molar-refractivity contribution in [3.8, 4) is 0 Å². The lowest BCUT2D eigenvalue weighted by Gasteiger charge is -2.65. The van der Waals surface area contributed by atoms with Crippen LogP contribution in [0.1, 0.15) is 39.5 Å². The molecule has 0 aromatic rings. The van der Waals surface area contributed by atoms with Gasteiger partial charge in [0.2, 0.25) is 5.91 Å². The third-order valence-electron chi connectivity index (χ3n) is 5.95. The highest BCUT2D eigenvalue weighted by Gasteiger charge is 2.70. The van der Waals surface area contributed by atoms with Crippen molar-refractivity contribution >= 4 is 30.1 Å². The van der Waals surface area contributed by atoms with E-state index in [2.05, 4.69) is 19.2 Å². The Morgan fingerprint density at radius 1 is 1.32 bits per heavy atom. The third kappa shape index (κ3) is 2.79. The average molecular weight is 349 g/mol. The summed E-state index contributed by atoms with van der Waals surface area (Å²) in [5.41, 5.74) is 5.56. The molecule has 6 heteroatoms. The molecule has 22 heavy (non-hydrogen) atoms. The molecule has 3 atom stereocenters. The highest BCUT2D eigenvalue weighted by Crippen LogP contribution is 2.57. The Morgan fingerprint density at radius 2 is 2.00 bits per heavy atom. The fraction of sp³-hybridized carbons (Fsp3) is 0.938. The average Bonchev–Trinajstić information content (AvgIpc) is 2.52. The predicted molar refractivity (Wildman–Crippen MR) is 93.5 cm³/mol. The largest absolute Gasteiger partial charge is 0.377 e. The topological polar surface area (TPSA) is 64.3 Å². The van der Waals surface area contributed by atoms with Gasteiger partial charge >= 0.3 is 0 Å². The molecule has 0 aromatic carbocycles. The van der Waals surface area contributed by atoms with Crippen LogP contribution in [0.25, 0.3) is 0 Å². The molecule has 3 aliphatic rings. The Morgan fingerprint density at radius 3 is 2.68 bits per heavy atom. The molecule has 1 amide bonds. The van der Waals surface area contributed by atoms with E-state index in [0.717, 1.165) is 26.0 Å². The van der Waals surface area contributed by atoms with Gasteiger partial charge in [-0.1, -0.05) is 13.8 Å². The molecule has 0 bridgehead atoms. The molecular weight excluding hydrogens is 320 g/mol. The van der Waals surface area contributed by atoms with Gasteiger partial charge in [-0.05, 0) is 43.1 Å². The minimum Gasteiger partial charge on any atom is -0.377 e. The van der Waals surface area contributed by atoms with Crippen molar-refractivity contribution in [3.05, 3.63) is 0 Å². The Hall–Kier alpha value is 0.0300. The number of rotatable bonds is 3. The van der Waals surface area contributed by atoms with E-state index in [0.29, 0.717) is 5.92 Å². The van der Waals surface area contributed by atoms with E-state index in [1.165, 1.54) is 24.3 Å². The van der Waals surface area contributed by atoms with E-state index >= 15 is 0 Å². The SMILES string of the molecule is CC1(C)C2OCCCC2C1(N)C(=O)NCC1CCSCC1.Cl. The Kier molecular flexibility index (Phi) is 5.74. The maximum atomic E-state index is 12.8. The summed E-state index contributed by atoms with van der Waals surface area (Å²) in [7, 11) is 0. The monoisotopic (exact) mass is 348 g/mol. The van der Waals surface area contributed by atoms with Crippen molar-refractivity contribution in [2.75, 3.05) is 24.7 Å². The molecule has 4 nitrogen and oxygen atoms in total. The highest BCUT2D eigenvalue weighted by atomic mass is 35.5. The van der Waals surface area contributed by atoms with Crippen LogP contribution in [-0.4, -0.2) is 42.2 Å². The van der Waals surface area contributed by atoms with E-state index in [-0.39, 0.29) is 35.8 Å². The summed E-state index contributed by atoms with van der Waals surface area (Å²) in [5, 5.41) is 3.15. The molecule has 1 aliphatic carbocycles. The molecule has 2 heterocycles. The molecule has 3 rings (SSSR count). The van der Waals surface area contributed by atoms with E-state index < -0.39 is 5.54 Å². The summed E-state index contributed by atoms with van der Waals surface area (Å²) in [6, 6.07) is 0. The number of hydrogen-bond donors (Lipinski definition) is 2. The molecule has 2 aliphatic heterocycles. The van der Waals surface area contributed by atoms with Crippen molar-refractivity contribution in [2.24, 2.45) is 23.0 Å². The number of thioether (sulfide) groups is 1. The van der Waals surface area contributed by atoms with Crippen molar-refractivity contribution in [3.63, 3.8) is 0 Å². The van der Waals surface area contributed by atoms with Gasteiger partial charge in [0.25, 0.3) is 0 Å². The maximum Gasteiger partial charge on any atom is 0.241 e. The van der Waals surface area contributed by atoms with Crippen LogP contribution in [0.4, 0.5) is 0 Å². The lowest BCUT2D eigenvalue weighted by atomic mass is 9.46. The standard InChI is InChI=1S/C16H28N2O2S.ClH/c1-15(2)13-12(4-3-7-20-13)16(15,17)14(19)18-10-11-5-8-21-9-6-11;/h11-13H,3-10,17H2,1-2H3,(H,18,19);1H. The van der Waals surface area contributed by atoms with Crippen LogP contribution in [0.15, 0.2) is 0 Å². The Bertz CT molecular complexity index is 415. The first kappa shape index (κ1) is 18.4. The van der Waals surface area contributed by atoms with Gasteiger partial charge in [0.15, 0.2) is 0 Å². The molecule has 3 unspecified atom stereocenters. The number of hydrogen-bond acceptors (Lipinski definition) is 4. The molecular formula is C16H29ClN2O2S. The fourth-order valence-electron chi connectivity index (χ4n) is 4.37. The second-order valence-corrected chi connectivity index (χ2v) is 8.62. The number of carbonyl (C=O) groups is 1. The van der Waals surface area contributed by atoms with Crippen molar-refractivity contribution < 1.29 is 9.53 Å². The fourth-order valence-corrected chi connectivity index (χ4v) is 5.57.